The van der Waals surface area contributed by atoms with Gasteiger partial charge in [-0.3, -0.25) is 14.9 Å². The van der Waals surface area contributed by atoms with Crippen molar-refractivity contribution in [2.45, 2.75) is 66.0 Å². The van der Waals surface area contributed by atoms with Crippen molar-refractivity contribution in [1.82, 2.24) is 15.1 Å². The summed E-state index contributed by atoms with van der Waals surface area (Å²) in [6.07, 6.45) is 1.20. The Labute approximate surface area is 244 Å². The number of rotatable bonds is 10. The van der Waals surface area contributed by atoms with Crippen LogP contribution in [0.1, 0.15) is 55.5 Å². The van der Waals surface area contributed by atoms with Crippen LogP contribution in [-0.4, -0.2) is 79.1 Å². The number of nitrogens with one attached hydrogen (secondary N) is 1. The number of hydrogen-bond donors (Lipinski definition) is 1. The lowest BCUT2D eigenvalue weighted by Crippen LogP contribution is -2.47. The van der Waals surface area contributed by atoms with Crippen molar-refractivity contribution in [2.75, 3.05) is 44.7 Å². The first kappa shape index (κ1) is 31.6. The SMILES string of the molecule is CCN(CCN(C(=O)CNCC(=O)N(C)C1Cc2ccc(C)cc2C1)c1cc(C#N)ccc1C)C(=O)OC(C)(C)C. The van der Waals surface area contributed by atoms with Gasteiger partial charge in [0.1, 0.15) is 5.60 Å². The molecule has 9 heteroatoms. The summed E-state index contributed by atoms with van der Waals surface area (Å²) in [7, 11) is 1.81. The number of fused-ring (bicyclic) bond motifs is 1. The number of carbonyl (C=O) groups is 3. The standard InChI is InChI=1S/C32H43N5O4/c1-8-36(31(40)41-32(4,5)6)13-14-37(28-16-24(19-33)11-10-23(28)3)30(39)21-34-20-29(38)35(7)27-17-25-12-9-22(2)15-26(25)18-27/h9-12,15-16,27,34H,8,13-14,17-18,20-21H2,1-7H3. The van der Waals surface area contributed by atoms with E-state index in [0.29, 0.717) is 17.8 Å². The smallest absolute Gasteiger partial charge is 0.410 e. The Balaban J connectivity index is 1.65. The molecule has 1 aliphatic rings. The third-order valence-electron chi connectivity index (χ3n) is 7.32. The lowest BCUT2D eigenvalue weighted by atomic mass is 10.1. The van der Waals surface area contributed by atoms with Gasteiger partial charge < -0.3 is 19.4 Å². The van der Waals surface area contributed by atoms with Crippen molar-refractivity contribution in [3.63, 3.8) is 0 Å². The van der Waals surface area contributed by atoms with Crippen molar-refractivity contribution >= 4 is 23.6 Å². The molecule has 9 nitrogen and oxygen atoms in total. The zero-order valence-corrected chi connectivity index (χ0v) is 25.4. The minimum absolute atomic E-state index is 0.0260. The van der Waals surface area contributed by atoms with Crippen LogP contribution in [-0.2, 0) is 27.2 Å². The Morgan fingerprint density at radius 2 is 1.68 bits per heavy atom. The van der Waals surface area contributed by atoms with Gasteiger partial charge >= 0.3 is 6.09 Å². The van der Waals surface area contributed by atoms with Crippen LogP contribution in [0.5, 0.6) is 0 Å². The predicted molar refractivity (Wildman–Crippen MR) is 160 cm³/mol. The number of ether oxygens (including phenoxy) is 1. The zero-order valence-electron chi connectivity index (χ0n) is 25.4. The highest BCUT2D eigenvalue weighted by atomic mass is 16.6. The summed E-state index contributed by atoms with van der Waals surface area (Å²) < 4.78 is 5.52. The van der Waals surface area contributed by atoms with Crippen LogP contribution in [0.25, 0.3) is 0 Å². The van der Waals surface area contributed by atoms with E-state index in [-0.39, 0.29) is 44.0 Å². The lowest BCUT2D eigenvalue weighted by Gasteiger charge is -2.30. The average molecular weight is 562 g/mol. The van der Waals surface area contributed by atoms with Crippen molar-refractivity contribution in [3.8, 4) is 6.07 Å². The Hall–Kier alpha value is -3.90. The average Bonchev–Trinajstić information content (AvgIpc) is 3.33. The van der Waals surface area contributed by atoms with Gasteiger partial charge in [-0.15, -0.1) is 0 Å². The number of carbonyl (C=O) groups excluding carboxylic acids is 3. The lowest BCUT2D eigenvalue weighted by molar-refractivity contribution is -0.130. The summed E-state index contributed by atoms with van der Waals surface area (Å²) in [4.78, 5) is 44.1. The first-order valence-electron chi connectivity index (χ1n) is 14.2. The van der Waals surface area contributed by atoms with Gasteiger partial charge in [0.25, 0.3) is 0 Å². The molecule has 0 aromatic heterocycles. The molecule has 1 aliphatic carbocycles. The fraction of sp³-hybridized carbons (Fsp3) is 0.500. The molecule has 2 aromatic carbocycles. The fourth-order valence-electron chi connectivity index (χ4n) is 4.97. The molecule has 0 saturated heterocycles. The summed E-state index contributed by atoms with van der Waals surface area (Å²) in [5, 5.41) is 12.5. The van der Waals surface area contributed by atoms with E-state index in [9.17, 15) is 19.6 Å². The molecule has 0 aliphatic heterocycles. The third-order valence-corrected chi connectivity index (χ3v) is 7.32. The number of likely N-dealkylation sites (N-methyl/N-ethyl adjacent to an activating group) is 2. The molecule has 0 fully saturated rings. The number of anilines is 1. The highest BCUT2D eigenvalue weighted by Crippen LogP contribution is 2.26. The van der Waals surface area contributed by atoms with Gasteiger partial charge in [0, 0.05) is 38.4 Å². The quantitative estimate of drug-likeness (QED) is 0.470. The van der Waals surface area contributed by atoms with Gasteiger partial charge in [0.2, 0.25) is 11.8 Å². The minimum Gasteiger partial charge on any atom is -0.444 e. The molecular formula is C32H43N5O4. The number of nitriles is 1. The van der Waals surface area contributed by atoms with Crippen molar-refractivity contribution in [3.05, 3.63) is 64.2 Å². The molecule has 3 amide bonds. The van der Waals surface area contributed by atoms with E-state index in [1.165, 1.54) is 16.7 Å². The molecule has 1 atom stereocenters. The fourth-order valence-corrected chi connectivity index (χ4v) is 4.97. The molecule has 0 spiro atoms. The molecule has 0 bridgehead atoms. The normalized spacial score (nSPS) is 14.1. The monoisotopic (exact) mass is 561 g/mol. The summed E-state index contributed by atoms with van der Waals surface area (Å²) in [5.41, 5.74) is 4.99. The highest BCUT2D eigenvalue weighted by molar-refractivity contribution is 5.96. The number of nitrogens with zero attached hydrogens (tertiary/aromatic N) is 4. The van der Waals surface area contributed by atoms with Crippen LogP contribution >= 0.6 is 0 Å². The van der Waals surface area contributed by atoms with E-state index >= 15 is 0 Å². The maximum absolute atomic E-state index is 13.5. The van der Waals surface area contributed by atoms with Crippen molar-refractivity contribution in [1.29, 1.82) is 5.26 Å². The van der Waals surface area contributed by atoms with Crippen molar-refractivity contribution < 1.29 is 19.1 Å². The first-order valence-corrected chi connectivity index (χ1v) is 14.2. The molecular weight excluding hydrogens is 518 g/mol. The Morgan fingerprint density at radius 1 is 1.00 bits per heavy atom. The number of benzene rings is 2. The summed E-state index contributed by atoms with van der Waals surface area (Å²) in [6, 6.07) is 13.8. The van der Waals surface area contributed by atoms with Gasteiger partial charge in [-0.1, -0.05) is 29.8 Å². The summed E-state index contributed by atoms with van der Waals surface area (Å²) in [5.74, 6) is -0.341. The second-order valence-electron chi connectivity index (χ2n) is 11.7. The molecule has 1 unspecified atom stereocenters. The third kappa shape index (κ3) is 8.54. The molecule has 220 valence electrons. The Kier molecular flexibility index (Phi) is 10.5. The van der Waals surface area contributed by atoms with Crippen LogP contribution in [0.15, 0.2) is 36.4 Å². The molecule has 0 saturated carbocycles. The highest BCUT2D eigenvalue weighted by Gasteiger charge is 2.28. The van der Waals surface area contributed by atoms with Gasteiger partial charge in [0.15, 0.2) is 0 Å². The molecule has 0 heterocycles. The Morgan fingerprint density at radius 3 is 2.34 bits per heavy atom. The van der Waals surface area contributed by atoms with Gasteiger partial charge in [0.05, 0.1) is 24.7 Å². The van der Waals surface area contributed by atoms with E-state index < -0.39 is 11.7 Å². The van der Waals surface area contributed by atoms with Gasteiger partial charge in [-0.2, -0.15) is 5.26 Å². The van der Waals surface area contributed by atoms with Crippen LogP contribution in [0.3, 0.4) is 0 Å². The van der Waals surface area contributed by atoms with Crippen LogP contribution in [0.4, 0.5) is 10.5 Å². The first-order chi connectivity index (χ1) is 19.3. The second kappa shape index (κ2) is 13.6. The second-order valence-corrected chi connectivity index (χ2v) is 11.7. The predicted octanol–water partition coefficient (Wildman–Crippen LogP) is 3.98. The number of amides is 3. The number of hydrogen-bond acceptors (Lipinski definition) is 6. The minimum atomic E-state index is -0.637. The maximum Gasteiger partial charge on any atom is 0.410 e. The van der Waals surface area contributed by atoms with Crippen LogP contribution < -0.4 is 10.2 Å². The molecule has 41 heavy (non-hydrogen) atoms. The van der Waals surface area contributed by atoms with E-state index in [4.69, 9.17) is 4.74 Å². The van der Waals surface area contributed by atoms with Crippen LogP contribution in [0, 0.1) is 25.2 Å². The maximum atomic E-state index is 13.5. The zero-order chi connectivity index (χ0) is 30.3. The van der Waals surface area contributed by atoms with E-state index in [1.54, 1.807) is 32.9 Å². The number of aryl methyl sites for hydroxylation is 2. The molecule has 0 radical (unpaired) electrons. The Bertz CT molecular complexity index is 1310. The van der Waals surface area contributed by atoms with Crippen molar-refractivity contribution in [2.24, 2.45) is 0 Å². The van der Waals surface area contributed by atoms with Gasteiger partial charge in [-0.25, -0.2) is 4.79 Å². The molecule has 3 rings (SSSR count). The van der Waals surface area contributed by atoms with E-state index in [1.807, 2.05) is 41.7 Å². The molecule has 2 aromatic rings. The van der Waals surface area contributed by atoms with E-state index in [2.05, 4.69) is 36.5 Å². The largest absolute Gasteiger partial charge is 0.444 e. The van der Waals surface area contributed by atoms with Gasteiger partial charge in [-0.05, 0) is 83.2 Å². The topological polar surface area (TPSA) is 106 Å². The summed E-state index contributed by atoms with van der Waals surface area (Å²) in [6.45, 7) is 12.0. The summed E-state index contributed by atoms with van der Waals surface area (Å²) >= 11 is 0. The van der Waals surface area contributed by atoms with E-state index in [0.717, 1.165) is 18.4 Å². The van der Waals surface area contributed by atoms with Crippen LogP contribution in [0.2, 0.25) is 0 Å². The molecule has 1 N–H and O–H groups in total.